The molecule has 0 saturated heterocycles. The van der Waals surface area contributed by atoms with Crippen molar-refractivity contribution in [2.45, 2.75) is 19.5 Å². The Balaban J connectivity index is 1.80. The summed E-state index contributed by atoms with van der Waals surface area (Å²) in [5, 5.41) is 11.4. The first-order valence-corrected chi connectivity index (χ1v) is 5.63. The monoisotopic (exact) mass is 263 g/mol. The van der Waals surface area contributed by atoms with Crippen LogP contribution in [0.1, 0.15) is 23.3 Å². The standard InChI is InChI=1S/C11H13N5O3/c1-7(15-11(18)8-3-2-4-19-8)10(17)12-5-9-13-6-14-16-9/h2-4,6-7H,5H2,1H3,(H,12,17)(H,15,18)(H,13,14,16). The second kappa shape index (κ2) is 5.80. The number of nitrogens with zero attached hydrogens (tertiary/aromatic N) is 2. The predicted molar refractivity (Wildman–Crippen MR) is 63.9 cm³/mol. The summed E-state index contributed by atoms with van der Waals surface area (Å²) >= 11 is 0. The Morgan fingerprint density at radius 2 is 2.37 bits per heavy atom. The zero-order valence-corrected chi connectivity index (χ0v) is 10.2. The van der Waals surface area contributed by atoms with Crippen LogP contribution in [0.5, 0.6) is 0 Å². The molecule has 8 heteroatoms. The Hall–Kier alpha value is -2.64. The van der Waals surface area contributed by atoms with Crippen LogP contribution >= 0.6 is 0 Å². The van der Waals surface area contributed by atoms with Crippen molar-refractivity contribution in [3.8, 4) is 0 Å². The van der Waals surface area contributed by atoms with E-state index in [9.17, 15) is 9.59 Å². The summed E-state index contributed by atoms with van der Waals surface area (Å²) in [6.45, 7) is 1.80. The van der Waals surface area contributed by atoms with Gasteiger partial charge < -0.3 is 15.1 Å². The fraction of sp³-hybridized carbons (Fsp3) is 0.273. The van der Waals surface area contributed by atoms with Gasteiger partial charge in [0.1, 0.15) is 18.2 Å². The topological polar surface area (TPSA) is 113 Å². The van der Waals surface area contributed by atoms with Gasteiger partial charge in [0.2, 0.25) is 5.91 Å². The summed E-state index contributed by atoms with van der Waals surface area (Å²) in [5.74, 6) is -0.0589. The highest BCUT2D eigenvalue weighted by Crippen LogP contribution is 2.00. The number of carbonyl (C=O) groups is 2. The maximum atomic E-state index is 11.7. The number of H-pyrrole nitrogens is 1. The van der Waals surface area contributed by atoms with E-state index in [-0.39, 0.29) is 18.2 Å². The number of aromatic nitrogens is 3. The molecule has 2 rings (SSSR count). The second-order valence-electron chi connectivity index (χ2n) is 3.82. The molecule has 0 fully saturated rings. The molecule has 8 nitrogen and oxygen atoms in total. The highest BCUT2D eigenvalue weighted by molar-refractivity contribution is 5.95. The molecule has 0 radical (unpaired) electrons. The normalized spacial score (nSPS) is 11.8. The molecule has 2 amide bonds. The largest absolute Gasteiger partial charge is 0.459 e. The van der Waals surface area contributed by atoms with Gasteiger partial charge in [0, 0.05) is 0 Å². The van der Waals surface area contributed by atoms with Gasteiger partial charge in [0.05, 0.1) is 12.8 Å². The number of carbonyl (C=O) groups excluding carboxylic acids is 2. The third-order valence-electron chi connectivity index (χ3n) is 2.38. The van der Waals surface area contributed by atoms with Crippen molar-refractivity contribution < 1.29 is 14.0 Å². The van der Waals surface area contributed by atoms with Crippen LogP contribution < -0.4 is 10.6 Å². The minimum atomic E-state index is -0.680. The van der Waals surface area contributed by atoms with Crippen molar-refractivity contribution in [1.29, 1.82) is 0 Å². The first-order chi connectivity index (χ1) is 9.16. The molecular formula is C11H13N5O3. The summed E-state index contributed by atoms with van der Waals surface area (Å²) < 4.78 is 4.93. The first-order valence-electron chi connectivity index (χ1n) is 5.63. The molecule has 3 N–H and O–H groups in total. The predicted octanol–water partition coefficient (Wildman–Crippen LogP) is -0.168. The third-order valence-corrected chi connectivity index (χ3v) is 2.38. The number of hydrogen-bond donors (Lipinski definition) is 3. The Morgan fingerprint density at radius 3 is 3.00 bits per heavy atom. The van der Waals surface area contributed by atoms with Crippen LogP contribution in [0.4, 0.5) is 0 Å². The van der Waals surface area contributed by atoms with E-state index in [4.69, 9.17) is 4.42 Å². The molecule has 0 spiro atoms. The molecule has 0 bridgehead atoms. The molecule has 0 aliphatic heterocycles. The van der Waals surface area contributed by atoms with Crippen molar-refractivity contribution in [1.82, 2.24) is 25.8 Å². The smallest absolute Gasteiger partial charge is 0.287 e. The highest BCUT2D eigenvalue weighted by atomic mass is 16.3. The Labute approximate surface area is 108 Å². The quantitative estimate of drug-likeness (QED) is 0.693. The zero-order chi connectivity index (χ0) is 13.7. The minimum Gasteiger partial charge on any atom is -0.459 e. The van der Waals surface area contributed by atoms with Gasteiger partial charge in [0.15, 0.2) is 5.76 Å². The van der Waals surface area contributed by atoms with Crippen LogP contribution in [-0.4, -0.2) is 33.0 Å². The van der Waals surface area contributed by atoms with Gasteiger partial charge in [-0.3, -0.25) is 14.7 Å². The van der Waals surface area contributed by atoms with Crippen molar-refractivity contribution in [2.24, 2.45) is 0 Å². The lowest BCUT2D eigenvalue weighted by Crippen LogP contribution is -2.44. The second-order valence-corrected chi connectivity index (χ2v) is 3.82. The number of amides is 2. The molecule has 19 heavy (non-hydrogen) atoms. The number of aromatic amines is 1. The lowest BCUT2D eigenvalue weighted by molar-refractivity contribution is -0.122. The molecular weight excluding hydrogens is 250 g/mol. The van der Waals surface area contributed by atoms with Gasteiger partial charge in [-0.15, -0.1) is 0 Å². The lowest BCUT2D eigenvalue weighted by Gasteiger charge is -2.12. The maximum absolute atomic E-state index is 11.7. The van der Waals surface area contributed by atoms with Gasteiger partial charge >= 0.3 is 0 Å². The van der Waals surface area contributed by atoms with Crippen LogP contribution in [0.2, 0.25) is 0 Å². The van der Waals surface area contributed by atoms with Gasteiger partial charge in [-0.25, -0.2) is 4.98 Å². The van der Waals surface area contributed by atoms with Gasteiger partial charge in [0.25, 0.3) is 5.91 Å². The molecule has 1 unspecified atom stereocenters. The molecule has 2 aromatic heterocycles. The van der Waals surface area contributed by atoms with E-state index in [2.05, 4.69) is 25.8 Å². The van der Waals surface area contributed by atoms with Crippen LogP contribution in [0.25, 0.3) is 0 Å². The fourth-order valence-electron chi connectivity index (χ4n) is 1.38. The molecule has 1 atom stereocenters. The van der Waals surface area contributed by atoms with Gasteiger partial charge in [-0.05, 0) is 19.1 Å². The maximum Gasteiger partial charge on any atom is 0.287 e. The van der Waals surface area contributed by atoms with Crippen molar-refractivity contribution >= 4 is 11.8 Å². The Bertz CT molecular complexity index is 535. The van der Waals surface area contributed by atoms with E-state index in [0.717, 1.165) is 0 Å². The zero-order valence-electron chi connectivity index (χ0n) is 10.2. The lowest BCUT2D eigenvalue weighted by atomic mass is 10.3. The van der Waals surface area contributed by atoms with Crippen LogP contribution in [-0.2, 0) is 11.3 Å². The van der Waals surface area contributed by atoms with Crippen molar-refractivity contribution in [2.75, 3.05) is 0 Å². The average molecular weight is 263 g/mol. The minimum absolute atomic E-state index is 0.162. The SMILES string of the molecule is CC(NC(=O)c1ccco1)C(=O)NCc1ncn[nH]1. The summed E-state index contributed by atoms with van der Waals surface area (Å²) in [7, 11) is 0. The van der Waals surface area contributed by atoms with Gasteiger partial charge in [-0.1, -0.05) is 0 Å². The molecule has 0 aromatic carbocycles. The number of furan rings is 1. The van der Waals surface area contributed by atoms with Crippen molar-refractivity contribution in [3.63, 3.8) is 0 Å². The fourth-order valence-corrected chi connectivity index (χ4v) is 1.38. The molecule has 0 aliphatic carbocycles. The highest BCUT2D eigenvalue weighted by Gasteiger charge is 2.17. The van der Waals surface area contributed by atoms with E-state index < -0.39 is 11.9 Å². The Morgan fingerprint density at radius 1 is 1.53 bits per heavy atom. The van der Waals surface area contributed by atoms with E-state index in [0.29, 0.717) is 5.82 Å². The number of rotatable bonds is 5. The molecule has 0 saturated carbocycles. The Kier molecular flexibility index (Phi) is 3.91. The van der Waals surface area contributed by atoms with Crippen LogP contribution in [0, 0.1) is 0 Å². The van der Waals surface area contributed by atoms with Crippen LogP contribution in [0.3, 0.4) is 0 Å². The summed E-state index contributed by atoms with van der Waals surface area (Å²) in [6, 6.07) is 2.44. The summed E-state index contributed by atoms with van der Waals surface area (Å²) in [6.07, 6.45) is 2.74. The van der Waals surface area contributed by atoms with E-state index in [1.807, 2.05) is 0 Å². The molecule has 0 aliphatic rings. The van der Waals surface area contributed by atoms with E-state index in [1.54, 1.807) is 13.0 Å². The summed E-state index contributed by atoms with van der Waals surface area (Å²) in [5.41, 5.74) is 0. The van der Waals surface area contributed by atoms with Crippen molar-refractivity contribution in [3.05, 3.63) is 36.3 Å². The van der Waals surface area contributed by atoms with E-state index >= 15 is 0 Å². The molecule has 2 aromatic rings. The average Bonchev–Trinajstić information content (AvgIpc) is 3.08. The number of nitrogens with one attached hydrogen (secondary N) is 3. The third kappa shape index (κ3) is 3.41. The number of hydrogen-bond acceptors (Lipinski definition) is 5. The molecule has 2 heterocycles. The van der Waals surface area contributed by atoms with E-state index in [1.165, 1.54) is 18.7 Å². The summed E-state index contributed by atoms with van der Waals surface area (Å²) in [4.78, 5) is 27.2. The van der Waals surface area contributed by atoms with Gasteiger partial charge in [-0.2, -0.15) is 5.10 Å². The molecule has 100 valence electrons. The first kappa shape index (κ1) is 12.8. The van der Waals surface area contributed by atoms with Crippen LogP contribution in [0.15, 0.2) is 29.1 Å².